The van der Waals surface area contributed by atoms with Crippen LogP contribution in [0.1, 0.15) is 27.5 Å². The lowest BCUT2D eigenvalue weighted by Crippen LogP contribution is -2.46. The number of carbonyl (C=O) groups is 4. The number of ketones is 1. The Labute approximate surface area is 269 Å². The number of Topliss-reactive ketones (excluding diaryl/α,β-unsaturated/α-hetero) is 1. The number of nitrogens with one attached hydrogen (secondary N) is 1. The van der Waals surface area contributed by atoms with Crippen LogP contribution >= 0.6 is 0 Å². The van der Waals surface area contributed by atoms with Crippen molar-refractivity contribution in [1.82, 2.24) is 9.88 Å². The van der Waals surface area contributed by atoms with Gasteiger partial charge in [-0.15, -0.1) is 0 Å². The van der Waals surface area contributed by atoms with Gasteiger partial charge < -0.3 is 33.9 Å². The highest BCUT2D eigenvalue weighted by molar-refractivity contribution is 6.52. The van der Waals surface area contributed by atoms with E-state index in [4.69, 9.17) is 23.7 Å². The Hall–Kier alpha value is -6.11. The summed E-state index contributed by atoms with van der Waals surface area (Å²) in [6, 6.07) is 16.7. The maximum atomic E-state index is 14.4. The predicted octanol–water partition coefficient (Wildman–Crippen LogP) is 3.77. The number of amides is 3. The molecule has 3 heterocycles. The van der Waals surface area contributed by atoms with Crippen LogP contribution in [0.3, 0.4) is 0 Å². The van der Waals surface area contributed by atoms with E-state index in [1.165, 1.54) is 32.3 Å². The van der Waals surface area contributed by atoms with E-state index in [0.29, 0.717) is 34.0 Å². The Bertz CT molecular complexity index is 1840. The van der Waals surface area contributed by atoms with Gasteiger partial charge in [0.25, 0.3) is 17.6 Å². The summed E-state index contributed by atoms with van der Waals surface area (Å²) in [5, 5.41) is 2.89. The summed E-state index contributed by atoms with van der Waals surface area (Å²) in [4.78, 5) is 61.3. The molecule has 0 saturated carbocycles. The fourth-order valence-corrected chi connectivity index (χ4v) is 5.56. The molecule has 3 amide bonds. The molecule has 2 aliphatic rings. The highest BCUT2D eigenvalue weighted by Gasteiger charge is 2.40. The van der Waals surface area contributed by atoms with E-state index >= 15 is 0 Å². The lowest BCUT2D eigenvalue weighted by atomic mass is 10.0. The molecule has 0 spiro atoms. The summed E-state index contributed by atoms with van der Waals surface area (Å²) < 4.78 is 27.5. The molecule has 1 aromatic heterocycles. The number of pyridine rings is 1. The number of para-hydroxylation sites is 1. The largest absolute Gasteiger partial charge is 0.493 e. The molecule has 0 saturated heterocycles. The average molecular weight is 639 g/mol. The van der Waals surface area contributed by atoms with E-state index in [9.17, 15) is 19.2 Å². The van der Waals surface area contributed by atoms with Crippen molar-refractivity contribution in [2.45, 2.75) is 12.6 Å². The lowest BCUT2D eigenvalue weighted by molar-refractivity contribution is -0.139. The summed E-state index contributed by atoms with van der Waals surface area (Å²) in [6.07, 6.45) is 3.16. The zero-order valence-corrected chi connectivity index (χ0v) is 25.7. The first-order valence-corrected chi connectivity index (χ1v) is 14.5. The molecule has 0 aliphatic carbocycles. The molecular formula is C34H30N4O9. The number of benzene rings is 3. The van der Waals surface area contributed by atoms with Crippen LogP contribution in [0.5, 0.6) is 28.7 Å². The van der Waals surface area contributed by atoms with Crippen molar-refractivity contribution < 1.29 is 42.9 Å². The Kier molecular flexibility index (Phi) is 8.60. The van der Waals surface area contributed by atoms with E-state index in [0.717, 1.165) is 4.90 Å². The zero-order chi connectivity index (χ0) is 33.1. The second kappa shape index (κ2) is 13.1. The number of anilines is 2. The maximum absolute atomic E-state index is 14.4. The number of rotatable bonds is 11. The Morgan fingerprint density at radius 1 is 0.936 bits per heavy atom. The first kappa shape index (κ1) is 30.9. The van der Waals surface area contributed by atoms with Gasteiger partial charge in [0.05, 0.1) is 32.6 Å². The predicted molar refractivity (Wildman–Crippen MR) is 168 cm³/mol. The number of methoxy groups -OCH3 is 3. The average Bonchev–Trinajstić information content (AvgIpc) is 3.66. The molecular weight excluding hydrogens is 608 g/mol. The van der Waals surface area contributed by atoms with Gasteiger partial charge in [0.1, 0.15) is 12.6 Å². The van der Waals surface area contributed by atoms with Crippen LogP contribution in [0.4, 0.5) is 11.4 Å². The van der Waals surface area contributed by atoms with E-state index < -0.39 is 36.1 Å². The molecule has 0 fully saturated rings. The third kappa shape index (κ3) is 5.98. The first-order valence-electron chi connectivity index (χ1n) is 14.5. The second-order valence-electron chi connectivity index (χ2n) is 10.5. The van der Waals surface area contributed by atoms with Crippen molar-refractivity contribution in [3.8, 4) is 28.7 Å². The Morgan fingerprint density at radius 2 is 1.68 bits per heavy atom. The number of hydrogen-bond donors (Lipinski definition) is 1. The van der Waals surface area contributed by atoms with Gasteiger partial charge in [0.15, 0.2) is 23.0 Å². The van der Waals surface area contributed by atoms with Gasteiger partial charge >= 0.3 is 0 Å². The molecule has 47 heavy (non-hydrogen) atoms. The van der Waals surface area contributed by atoms with E-state index in [-0.39, 0.29) is 36.1 Å². The van der Waals surface area contributed by atoms with Crippen molar-refractivity contribution in [1.29, 1.82) is 0 Å². The van der Waals surface area contributed by atoms with Gasteiger partial charge in [-0.05, 0) is 53.6 Å². The molecule has 13 heteroatoms. The standard InChI is InChI=1S/C34H30N4O9/c1-43-27-13-21(14-28(44-2)32(27)45-3)30(33(41)36-22-10-11-25-26(15-22)47-19-46-25)38(17-20-7-6-12-35-16-20)29(39)18-37-24-9-5-4-8-23(24)31(40)34(37)42/h4-16,30H,17-19H2,1-3H3,(H,36,41)/t30-/m1/s1. The van der Waals surface area contributed by atoms with Gasteiger partial charge in [-0.2, -0.15) is 0 Å². The fraction of sp³-hybridized carbons (Fsp3) is 0.206. The van der Waals surface area contributed by atoms with Crippen LogP contribution in [0.2, 0.25) is 0 Å². The smallest absolute Gasteiger partial charge is 0.299 e. The van der Waals surface area contributed by atoms with E-state index in [1.54, 1.807) is 73.1 Å². The van der Waals surface area contributed by atoms with Gasteiger partial charge in [-0.3, -0.25) is 29.1 Å². The number of fused-ring (bicyclic) bond motifs is 2. The minimum Gasteiger partial charge on any atom is -0.493 e. The zero-order valence-electron chi connectivity index (χ0n) is 25.7. The molecule has 0 bridgehead atoms. The fourth-order valence-electron chi connectivity index (χ4n) is 5.56. The van der Waals surface area contributed by atoms with E-state index in [1.807, 2.05) is 0 Å². The molecule has 0 unspecified atom stereocenters. The molecule has 1 atom stereocenters. The first-order chi connectivity index (χ1) is 22.8. The molecule has 6 rings (SSSR count). The van der Waals surface area contributed by atoms with Crippen LogP contribution in [0.25, 0.3) is 0 Å². The number of aromatic nitrogens is 1. The summed E-state index contributed by atoms with van der Waals surface area (Å²) in [6.45, 7) is -0.546. The van der Waals surface area contributed by atoms with Gasteiger partial charge in [0.2, 0.25) is 18.4 Å². The van der Waals surface area contributed by atoms with Crippen LogP contribution in [-0.2, 0) is 20.9 Å². The van der Waals surface area contributed by atoms with Gasteiger partial charge in [0, 0.05) is 30.7 Å². The molecule has 13 nitrogen and oxygen atoms in total. The van der Waals surface area contributed by atoms with Crippen molar-refractivity contribution in [2.24, 2.45) is 0 Å². The van der Waals surface area contributed by atoms with Crippen LogP contribution in [0.15, 0.2) is 79.1 Å². The number of nitrogens with zero attached hydrogens (tertiary/aromatic N) is 3. The minimum absolute atomic E-state index is 0.0506. The summed E-state index contributed by atoms with van der Waals surface area (Å²) in [7, 11) is 4.33. The van der Waals surface area contributed by atoms with Crippen LogP contribution in [-0.4, -0.2) is 68.1 Å². The lowest BCUT2D eigenvalue weighted by Gasteiger charge is -2.33. The third-order valence-corrected chi connectivity index (χ3v) is 7.77. The summed E-state index contributed by atoms with van der Waals surface area (Å²) in [5.74, 6) is -0.989. The number of carbonyl (C=O) groups excluding carboxylic acids is 4. The molecule has 2 aliphatic heterocycles. The highest BCUT2D eigenvalue weighted by atomic mass is 16.7. The molecule has 240 valence electrons. The molecule has 4 aromatic rings. The van der Waals surface area contributed by atoms with Gasteiger partial charge in [-0.1, -0.05) is 18.2 Å². The van der Waals surface area contributed by atoms with Crippen molar-refractivity contribution in [2.75, 3.05) is 44.9 Å². The Morgan fingerprint density at radius 3 is 2.38 bits per heavy atom. The maximum Gasteiger partial charge on any atom is 0.299 e. The minimum atomic E-state index is -1.31. The van der Waals surface area contributed by atoms with Gasteiger partial charge in [-0.25, -0.2) is 0 Å². The number of ether oxygens (including phenoxy) is 5. The van der Waals surface area contributed by atoms with Crippen molar-refractivity contribution in [3.63, 3.8) is 0 Å². The van der Waals surface area contributed by atoms with Crippen molar-refractivity contribution in [3.05, 3.63) is 95.8 Å². The topological polar surface area (TPSA) is 146 Å². The SMILES string of the molecule is COc1cc([C@H](C(=O)Nc2ccc3c(c2)OCO3)N(Cc2cccnc2)C(=O)CN2C(=O)C(=O)c3ccccc32)cc(OC)c1OC. The second-order valence-corrected chi connectivity index (χ2v) is 10.5. The molecule has 0 radical (unpaired) electrons. The van der Waals surface area contributed by atoms with E-state index in [2.05, 4.69) is 10.3 Å². The summed E-state index contributed by atoms with van der Waals surface area (Å²) in [5.41, 5.74) is 1.83. The molecule has 1 N–H and O–H groups in total. The van der Waals surface area contributed by atoms with Crippen LogP contribution < -0.4 is 33.9 Å². The highest BCUT2D eigenvalue weighted by Crippen LogP contribution is 2.42. The monoisotopic (exact) mass is 638 g/mol. The number of hydrogen-bond acceptors (Lipinski definition) is 10. The van der Waals surface area contributed by atoms with Crippen LogP contribution in [0, 0.1) is 0 Å². The third-order valence-electron chi connectivity index (χ3n) is 7.77. The molecule has 3 aromatic carbocycles. The summed E-state index contributed by atoms with van der Waals surface area (Å²) >= 11 is 0. The Balaban J connectivity index is 1.45. The quantitative estimate of drug-likeness (QED) is 0.241. The normalized spacial score (nSPS) is 13.6. The van der Waals surface area contributed by atoms with Crippen molar-refractivity contribution >= 4 is 34.9 Å².